The number of imidazole rings is 1. The molecular weight excluding hydrogens is 526 g/mol. The van der Waals surface area contributed by atoms with Crippen LogP contribution in [0.15, 0.2) is 34.8 Å². The highest BCUT2D eigenvalue weighted by Crippen LogP contribution is 2.34. The molecule has 1 aliphatic rings. The second-order valence-corrected chi connectivity index (χ2v) is 13.0. The van der Waals surface area contributed by atoms with Crippen molar-refractivity contribution in [3.05, 3.63) is 46.7 Å². The van der Waals surface area contributed by atoms with Crippen molar-refractivity contribution < 1.29 is 13.7 Å². The molecule has 1 aliphatic heterocycles. The van der Waals surface area contributed by atoms with E-state index in [1.807, 2.05) is 18.5 Å². The number of halogens is 1. The number of aryl methyl sites for hydroxylation is 2. The van der Waals surface area contributed by atoms with E-state index >= 15 is 0 Å². The van der Waals surface area contributed by atoms with Crippen LogP contribution in [0.1, 0.15) is 35.8 Å². The summed E-state index contributed by atoms with van der Waals surface area (Å²) in [6.07, 6.45) is 6.54. The van der Waals surface area contributed by atoms with Crippen LogP contribution in [0.4, 0.5) is 11.6 Å². The average molecular weight is 556 g/mol. The summed E-state index contributed by atoms with van der Waals surface area (Å²) < 4.78 is 26.5. The van der Waals surface area contributed by atoms with E-state index < -0.39 is 9.73 Å². The number of ether oxygens (including phenoxy) is 1. The van der Waals surface area contributed by atoms with Crippen molar-refractivity contribution in [1.29, 1.82) is 0 Å². The third-order valence-electron chi connectivity index (χ3n) is 6.31. The number of aromatic nitrogens is 5. The summed E-state index contributed by atoms with van der Waals surface area (Å²) in [5.41, 5.74) is 4.27. The van der Waals surface area contributed by atoms with Gasteiger partial charge in [-0.2, -0.15) is 9.46 Å². The van der Waals surface area contributed by atoms with Crippen molar-refractivity contribution in [1.82, 2.24) is 24.3 Å². The monoisotopic (exact) mass is 555 g/mol. The van der Waals surface area contributed by atoms with Crippen molar-refractivity contribution in [2.45, 2.75) is 33.2 Å². The Balaban J connectivity index is 1.64. The van der Waals surface area contributed by atoms with Gasteiger partial charge in [0, 0.05) is 47.1 Å². The predicted molar refractivity (Wildman–Crippen MR) is 150 cm³/mol. The van der Waals surface area contributed by atoms with Crippen LogP contribution in [0.3, 0.4) is 0 Å². The summed E-state index contributed by atoms with van der Waals surface area (Å²) in [5, 5.41) is 7.70. The number of pyridine rings is 1. The van der Waals surface area contributed by atoms with E-state index in [9.17, 15) is 9.00 Å². The predicted octanol–water partition coefficient (Wildman–Crippen LogP) is 5.21. The van der Waals surface area contributed by atoms with Crippen LogP contribution in [0.25, 0.3) is 22.3 Å². The molecule has 38 heavy (non-hydrogen) atoms. The lowest BCUT2D eigenvalue weighted by Crippen LogP contribution is -2.18. The minimum absolute atomic E-state index is 0.241. The molecule has 12 heteroatoms. The first-order valence-electron chi connectivity index (χ1n) is 12.3. The van der Waals surface area contributed by atoms with Gasteiger partial charge in [-0.25, -0.2) is 13.9 Å². The maximum atomic E-state index is 13.5. The fourth-order valence-electron chi connectivity index (χ4n) is 4.61. The molecular formula is C26H30ClN7O3S. The first-order valence-corrected chi connectivity index (χ1v) is 15.0. The number of fused-ring (bicyclic) bond motifs is 7. The molecule has 4 heterocycles. The van der Waals surface area contributed by atoms with Gasteiger partial charge in [0.2, 0.25) is 11.8 Å². The van der Waals surface area contributed by atoms with Crippen LogP contribution >= 0.6 is 11.6 Å². The molecule has 1 atom stereocenters. The molecule has 2 bridgehead atoms. The highest BCUT2D eigenvalue weighted by Gasteiger charge is 2.21. The Bertz CT molecular complexity index is 1680. The molecule has 4 aromatic rings. The fourth-order valence-corrected chi connectivity index (χ4v) is 5.48. The maximum absolute atomic E-state index is 13.5. The Labute approximate surface area is 226 Å². The molecule has 0 radical (unpaired) electrons. The first-order chi connectivity index (χ1) is 18.0. The zero-order valence-corrected chi connectivity index (χ0v) is 23.6. The van der Waals surface area contributed by atoms with E-state index in [0.29, 0.717) is 58.2 Å². The van der Waals surface area contributed by atoms with Crippen LogP contribution in [0.5, 0.6) is 5.88 Å². The van der Waals surface area contributed by atoms with Crippen LogP contribution in [-0.2, 0) is 23.3 Å². The summed E-state index contributed by atoms with van der Waals surface area (Å²) in [6.45, 7) is 5.10. The lowest BCUT2D eigenvalue weighted by atomic mass is 10.1. The van der Waals surface area contributed by atoms with Crippen LogP contribution in [0.2, 0.25) is 5.02 Å². The first kappa shape index (κ1) is 26.2. The number of carbonyl (C=O) groups is 1. The fraction of sp³-hybridized carbons (Fsp3) is 0.385. The minimum atomic E-state index is -2.43. The number of hydrogen-bond acceptors (Lipinski definition) is 7. The Morgan fingerprint density at radius 3 is 2.76 bits per heavy atom. The number of hydrogen-bond donors (Lipinski definition) is 1. The zero-order chi connectivity index (χ0) is 27.2. The molecule has 1 amide bonds. The van der Waals surface area contributed by atoms with E-state index in [2.05, 4.69) is 26.7 Å². The van der Waals surface area contributed by atoms with Crippen LogP contribution < -0.4 is 10.1 Å². The van der Waals surface area contributed by atoms with Gasteiger partial charge in [-0.1, -0.05) is 18.5 Å². The van der Waals surface area contributed by atoms with Gasteiger partial charge in [0.1, 0.15) is 0 Å². The molecule has 3 aromatic heterocycles. The van der Waals surface area contributed by atoms with Gasteiger partial charge in [-0.05, 0) is 49.9 Å². The second-order valence-electron chi connectivity index (χ2n) is 10.0. The third kappa shape index (κ3) is 5.39. The Morgan fingerprint density at radius 2 is 2.00 bits per heavy atom. The molecule has 5 rings (SSSR count). The van der Waals surface area contributed by atoms with E-state index in [1.54, 1.807) is 47.7 Å². The number of nitrogens with zero attached hydrogens (tertiary/aromatic N) is 6. The molecule has 0 fully saturated rings. The zero-order valence-electron chi connectivity index (χ0n) is 22.0. The van der Waals surface area contributed by atoms with Crippen molar-refractivity contribution in [3.8, 4) is 17.1 Å². The molecule has 10 nitrogen and oxygen atoms in total. The lowest BCUT2D eigenvalue weighted by molar-refractivity contribution is 0.102. The number of carbonyl (C=O) groups excluding carboxylic acids is 1. The summed E-state index contributed by atoms with van der Waals surface area (Å²) in [6, 6.07) is 6.95. The highest BCUT2D eigenvalue weighted by molar-refractivity contribution is 7.92. The maximum Gasteiger partial charge on any atom is 0.258 e. The van der Waals surface area contributed by atoms with E-state index in [1.165, 1.54) is 0 Å². The molecule has 0 spiro atoms. The van der Waals surface area contributed by atoms with Crippen molar-refractivity contribution in [2.75, 3.05) is 24.4 Å². The molecule has 1 aromatic carbocycles. The summed E-state index contributed by atoms with van der Waals surface area (Å²) >= 11 is 6.46. The molecule has 1 N–H and O–H groups in total. The largest absolute Gasteiger partial charge is 0.477 e. The second kappa shape index (κ2) is 10.0. The minimum Gasteiger partial charge on any atom is -0.477 e. The van der Waals surface area contributed by atoms with Gasteiger partial charge in [0.15, 0.2) is 0 Å². The van der Waals surface area contributed by atoms with Crippen LogP contribution in [0, 0.1) is 12.8 Å². The van der Waals surface area contributed by atoms with E-state index in [4.69, 9.17) is 21.3 Å². The Kier molecular flexibility index (Phi) is 6.91. The van der Waals surface area contributed by atoms with Gasteiger partial charge >= 0.3 is 0 Å². The summed E-state index contributed by atoms with van der Waals surface area (Å²) in [7, 11) is -0.601. The number of rotatable bonds is 1. The van der Waals surface area contributed by atoms with Crippen molar-refractivity contribution in [3.63, 3.8) is 0 Å². The molecule has 0 unspecified atom stereocenters. The number of anilines is 1. The van der Waals surface area contributed by atoms with Gasteiger partial charge in [0.25, 0.3) is 5.91 Å². The third-order valence-corrected chi connectivity index (χ3v) is 7.25. The standard InChI is InChI=1S/C26H30ClN7O3S/c1-15-7-6-8-37-25-18(13-28-33(25)3)20-10-17(9-16(2)29-20)24(35)31-26-30-22-11-19(27)21(32-38(4,5)36)12-23(22)34(26)14-15/h9-13,15H,6-8,14H2,1-5H3,(H,30,31,35)/t15-/m1/s1. The summed E-state index contributed by atoms with van der Waals surface area (Å²) in [5.74, 6) is 0.948. The van der Waals surface area contributed by atoms with Crippen molar-refractivity contribution in [2.24, 2.45) is 17.3 Å². The van der Waals surface area contributed by atoms with Gasteiger partial charge in [-0.3, -0.25) is 15.1 Å². The molecule has 200 valence electrons. The van der Waals surface area contributed by atoms with Gasteiger partial charge < -0.3 is 9.30 Å². The van der Waals surface area contributed by atoms with Gasteiger partial charge in [0.05, 0.1) is 45.8 Å². The highest BCUT2D eigenvalue weighted by atomic mass is 35.5. The smallest absolute Gasteiger partial charge is 0.258 e. The molecule has 0 saturated carbocycles. The normalized spacial score (nSPS) is 16.6. The SMILES string of the molecule is Cc1cc2cc(n1)-c1cnn(C)c1OCCC[C@@H](C)Cn1c(nc3cc(Cl)c(N=S(C)(C)=O)cc31)NC2=O. The van der Waals surface area contributed by atoms with E-state index in [-0.39, 0.29) is 11.8 Å². The molecule has 0 aliphatic carbocycles. The Morgan fingerprint density at radius 1 is 1.21 bits per heavy atom. The van der Waals surface area contributed by atoms with Crippen molar-refractivity contribution >= 4 is 49.9 Å². The average Bonchev–Trinajstić information content (AvgIpc) is 3.34. The number of amides is 1. The number of nitrogens with one attached hydrogen (secondary N) is 1. The van der Waals surface area contributed by atoms with Crippen LogP contribution in [-0.4, -0.2) is 53.6 Å². The lowest BCUT2D eigenvalue weighted by Gasteiger charge is -2.16. The van der Waals surface area contributed by atoms with Gasteiger partial charge in [-0.15, -0.1) is 0 Å². The number of benzene rings is 1. The topological polar surface area (TPSA) is 116 Å². The molecule has 0 saturated heterocycles. The van der Waals surface area contributed by atoms with E-state index in [0.717, 1.165) is 23.9 Å². The quantitative estimate of drug-likeness (QED) is 0.344. The summed E-state index contributed by atoms with van der Waals surface area (Å²) in [4.78, 5) is 22.8. The Hall–Kier alpha value is -3.44.